The highest BCUT2D eigenvalue weighted by Crippen LogP contribution is 2.62. The van der Waals surface area contributed by atoms with Gasteiger partial charge in [-0.2, -0.15) is 52.7 Å². The zero-order valence-electron chi connectivity index (χ0n) is 22.2. The maximum Gasteiger partial charge on any atom is 0.416 e. The van der Waals surface area contributed by atoms with Gasteiger partial charge in [0.15, 0.2) is 0 Å². The molecule has 3 aliphatic rings. The number of hydrogen-bond acceptors (Lipinski definition) is 4. The van der Waals surface area contributed by atoms with E-state index in [1.54, 1.807) is 0 Å². The quantitative estimate of drug-likeness (QED) is 0.248. The molecule has 0 amide bonds. The highest BCUT2D eigenvalue weighted by atomic mass is 19.4. The minimum Gasteiger partial charge on any atom is -0.468 e. The molecule has 2 aromatic carbocycles. The molecule has 5 rings (SSSR count). The van der Waals surface area contributed by atoms with Crippen molar-refractivity contribution in [3.63, 3.8) is 0 Å². The van der Waals surface area contributed by atoms with Crippen LogP contribution < -0.4 is 0 Å². The summed E-state index contributed by atoms with van der Waals surface area (Å²) in [7, 11) is 1.61. The summed E-state index contributed by atoms with van der Waals surface area (Å²) in [5, 5.41) is 0. The number of methoxy groups -OCH3 is 2. The van der Waals surface area contributed by atoms with Crippen molar-refractivity contribution < 1.29 is 71.7 Å². The van der Waals surface area contributed by atoms with Gasteiger partial charge in [0, 0.05) is 0 Å². The summed E-state index contributed by atoms with van der Waals surface area (Å²) in [6.45, 7) is 0. The SMILES string of the molecule is COC(=O)[C@@]12C=C(c3cc(C(F)(F)F)cc(C(F)(F)F)c3)[C@@](C(=O)OC)(C=C1c1cc(C(F)(F)F)cc(C(F)(F)F)c1)CC2. The van der Waals surface area contributed by atoms with E-state index in [1.807, 2.05) is 0 Å². The summed E-state index contributed by atoms with van der Waals surface area (Å²) in [5.74, 6) is -2.62. The number of rotatable bonds is 4. The lowest BCUT2D eigenvalue weighted by atomic mass is 9.53. The fourth-order valence-electron chi connectivity index (χ4n) is 5.52. The lowest BCUT2D eigenvalue weighted by molar-refractivity contribution is -0.152. The number of alkyl halides is 12. The Morgan fingerprint density at radius 1 is 0.523 bits per heavy atom. The van der Waals surface area contributed by atoms with Crippen LogP contribution in [0, 0.1) is 10.8 Å². The number of esters is 2. The molecule has 2 bridgehead atoms. The molecule has 0 radical (unpaired) electrons. The number of carbonyl (C=O) groups excluding carboxylic acids is 2. The molecule has 44 heavy (non-hydrogen) atoms. The Bertz CT molecular complexity index is 1390. The molecule has 238 valence electrons. The topological polar surface area (TPSA) is 52.6 Å². The maximum atomic E-state index is 13.7. The highest BCUT2D eigenvalue weighted by molar-refractivity contribution is 6.08. The van der Waals surface area contributed by atoms with Gasteiger partial charge in [-0.1, -0.05) is 12.2 Å². The predicted octanol–water partition coefficient (Wildman–Crippen LogP) is 8.36. The molecule has 0 fully saturated rings. The van der Waals surface area contributed by atoms with Crippen LogP contribution in [0.15, 0.2) is 48.6 Å². The Morgan fingerprint density at radius 3 is 0.977 bits per heavy atom. The van der Waals surface area contributed by atoms with E-state index in [0.29, 0.717) is 0 Å². The molecular weight excluding hydrogens is 628 g/mol. The van der Waals surface area contributed by atoms with E-state index >= 15 is 0 Å². The second-order valence-corrected chi connectivity index (χ2v) is 10.1. The summed E-state index contributed by atoms with van der Waals surface area (Å²) in [4.78, 5) is 26.5. The third-order valence-electron chi connectivity index (χ3n) is 7.55. The number of carbonyl (C=O) groups is 2. The second kappa shape index (κ2) is 10.3. The van der Waals surface area contributed by atoms with Crippen LogP contribution >= 0.6 is 0 Å². The average molecular weight is 646 g/mol. The van der Waals surface area contributed by atoms with Gasteiger partial charge < -0.3 is 9.47 Å². The first-order valence-electron chi connectivity index (χ1n) is 12.2. The van der Waals surface area contributed by atoms with E-state index in [9.17, 15) is 62.3 Å². The van der Waals surface area contributed by atoms with Gasteiger partial charge in [0.1, 0.15) is 10.8 Å². The Kier molecular flexibility index (Phi) is 7.70. The molecule has 0 saturated heterocycles. The van der Waals surface area contributed by atoms with Crippen molar-refractivity contribution in [2.75, 3.05) is 14.2 Å². The zero-order chi connectivity index (χ0) is 33.3. The first-order valence-corrected chi connectivity index (χ1v) is 12.2. The normalized spacial score (nSPS) is 22.3. The van der Waals surface area contributed by atoms with Crippen LogP contribution in [-0.2, 0) is 43.8 Å². The summed E-state index contributed by atoms with van der Waals surface area (Å²) >= 11 is 0. The molecule has 0 aromatic heterocycles. The van der Waals surface area contributed by atoms with E-state index in [0.717, 1.165) is 26.4 Å². The monoisotopic (exact) mass is 646 g/mol. The van der Waals surface area contributed by atoms with Crippen LogP contribution in [-0.4, -0.2) is 26.2 Å². The highest BCUT2D eigenvalue weighted by Gasteiger charge is 2.59. The molecular formula is C28H18F12O4. The number of hydrogen-bond donors (Lipinski definition) is 0. The van der Waals surface area contributed by atoms with Gasteiger partial charge in [-0.25, -0.2) is 0 Å². The van der Waals surface area contributed by atoms with E-state index in [-0.39, 0.29) is 36.4 Å². The molecule has 16 heteroatoms. The van der Waals surface area contributed by atoms with E-state index < -0.39 is 105 Å². The van der Waals surface area contributed by atoms with Crippen molar-refractivity contribution in [2.24, 2.45) is 10.8 Å². The Balaban J connectivity index is 2.12. The standard InChI is InChI=1S/C28H18F12O4/c1-43-21(41)23-3-4-24(22(42)44-2,12-19(23)13-5-15(25(29,30)31)9-16(6-13)26(32,33)34)20(11-23)14-7-17(27(35,36)37)10-18(8-14)28(38,39)40/h5-12H,3-4H2,1-2H3/t23-,24-/m0/s1. The van der Waals surface area contributed by atoms with Crippen molar-refractivity contribution in [1.29, 1.82) is 0 Å². The molecule has 0 unspecified atom stereocenters. The molecule has 0 N–H and O–H groups in total. The van der Waals surface area contributed by atoms with Crippen molar-refractivity contribution in [2.45, 2.75) is 37.5 Å². The van der Waals surface area contributed by atoms with Crippen molar-refractivity contribution in [3.8, 4) is 0 Å². The third-order valence-corrected chi connectivity index (χ3v) is 7.55. The van der Waals surface area contributed by atoms with Crippen molar-refractivity contribution >= 4 is 23.1 Å². The molecule has 0 saturated carbocycles. The molecule has 0 spiro atoms. The molecule has 4 nitrogen and oxygen atoms in total. The summed E-state index contributed by atoms with van der Waals surface area (Å²) in [6.07, 6.45) is -20.9. The van der Waals surface area contributed by atoms with Crippen LogP contribution in [0.25, 0.3) is 11.1 Å². The van der Waals surface area contributed by atoms with Gasteiger partial charge in [-0.05, 0) is 71.5 Å². The minimum absolute atomic E-state index is 0.186. The molecule has 2 atom stereocenters. The zero-order valence-corrected chi connectivity index (χ0v) is 22.2. The van der Waals surface area contributed by atoms with E-state index in [4.69, 9.17) is 9.47 Å². The van der Waals surface area contributed by atoms with Gasteiger partial charge in [0.2, 0.25) is 0 Å². The largest absolute Gasteiger partial charge is 0.468 e. The van der Waals surface area contributed by atoms with Gasteiger partial charge in [-0.15, -0.1) is 0 Å². The van der Waals surface area contributed by atoms with Gasteiger partial charge >= 0.3 is 36.6 Å². The minimum atomic E-state index is -5.32. The van der Waals surface area contributed by atoms with Gasteiger partial charge in [0.25, 0.3) is 0 Å². The fraction of sp³-hybridized carbons (Fsp3) is 0.357. The molecule has 0 aliphatic heterocycles. The van der Waals surface area contributed by atoms with Gasteiger partial charge in [-0.3, -0.25) is 9.59 Å². The van der Waals surface area contributed by atoms with Gasteiger partial charge in [0.05, 0.1) is 36.5 Å². The van der Waals surface area contributed by atoms with E-state index in [1.165, 1.54) is 0 Å². The van der Waals surface area contributed by atoms with Crippen molar-refractivity contribution in [1.82, 2.24) is 0 Å². The molecule has 3 aliphatic carbocycles. The number of ether oxygens (including phenoxy) is 2. The first-order chi connectivity index (χ1) is 20.0. The van der Waals surface area contributed by atoms with Crippen LogP contribution in [0.4, 0.5) is 52.7 Å². The second-order valence-electron chi connectivity index (χ2n) is 10.1. The lowest BCUT2D eigenvalue weighted by Gasteiger charge is -2.48. The van der Waals surface area contributed by atoms with E-state index in [2.05, 4.69) is 0 Å². The number of fused-ring (bicyclic) bond motifs is 1. The number of benzene rings is 2. The number of halogens is 12. The summed E-state index contributed by atoms with van der Waals surface area (Å²) < 4.78 is 174. The first kappa shape index (κ1) is 32.9. The van der Waals surface area contributed by atoms with Crippen LogP contribution in [0.5, 0.6) is 0 Å². The Hall–Kier alpha value is -3.98. The lowest BCUT2D eigenvalue weighted by Crippen LogP contribution is -2.47. The third kappa shape index (κ3) is 5.54. The Morgan fingerprint density at radius 2 is 0.773 bits per heavy atom. The smallest absolute Gasteiger partial charge is 0.416 e. The average Bonchev–Trinajstić information content (AvgIpc) is 2.93. The fourth-order valence-corrected chi connectivity index (χ4v) is 5.52. The maximum absolute atomic E-state index is 13.7. The summed E-state index contributed by atoms with van der Waals surface area (Å²) in [6, 6.07) is 0.727. The van der Waals surface area contributed by atoms with Crippen LogP contribution in [0.1, 0.15) is 46.2 Å². The van der Waals surface area contributed by atoms with Crippen molar-refractivity contribution in [3.05, 3.63) is 81.9 Å². The summed E-state index contributed by atoms with van der Waals surface area (Å²) in [5.41, 5.74) is -14.7. The molecule has 2 aromatic rings. The Labute approximate surface area is 239 Å². The molecule has 0 heterocycles. The van der Waals surface area contributed by atoms with Crippen LogP contribution in [0.2, 0.25) is 0 Å². The van der Waals surface area contributed by atoms with Crippen LogP contribution in [0.3, 0.4) is 0 Å². The predicted molar refractivity (Wildman–Crippen MR) is 127 cm³/mol.